The lowest BCUT2D eigenvalue weighted by atomic mass is 10.2. The lowest BCUT2D eigenvalue weighted by Crippen LogP contribution is -2.00. The Hall–Kier alpha value is -1.94. The van der Waals surface area contributed by atoms with Gasteiger partial charge in [-0.25, -0.2) is 4.39 Å². The van der Waals surface area contributed by atoms with Gasteiger partial charge in [0.1, 0.15) is 23.9 Å². The largest absolute Gasteiger partial charge is 0.496 e. The summed E-state index contributed by atoms with van der Waals surface area (Å²) in [7, 11) is 1.57. The van der Waals surface area contributed by atoms with Crippen LogP contribution in [0.5, 0.6) is 11.5 Å². The summed E-state index contributed by atoms with van der Waals surface area (Å²) in [6.45, 7) is 0.259. The Morgan fingerprint density at radius 3 is 2.68 bits per heavy atom. The first-order chi connectivity index (χ1) is 9.10. The standard InChI is InChI=1S/C14H13ClFNO2/c1-18-14-5-2-10(15)6-9(14)8-19-11-3-4-12(16)13(17)7-11/h2-7H,8,17H2,1H3. The van der Waals surface area contributed by atoms with Crippen LogP contribution in [0.15, 0.2) is 36.4 Å². The summed E-state index contributed by atoms with van der Waals surface area (Å²) in [5.41, 5.74) is 6.32. The number of hydrogen-bond donors (Lipinski definition) is 1. The van der Waals surface area contributed by atoms with Crippen molar-refractivity contribution in [3.8, 4) is 11.5 Å². The van der Waals surface area contributed by atoms with Crippen LogP contribution in [0, 0.1) is 5.82 Å². The number of anilines is 1. The summed E-state index contributed by atoms with van der Waals surface area (Å²) in [5, 5.41) is 0.595. The van der Waals surface area contributed by atoms with Gasteiger partial charge in [0.2, 0.25) is 0 Å². The van der Waals surface area contributed by atoms with E-state index in [0.29, 0.717) is 16.5 Å². The molecule has 0 aliphatic carbocycles. The molecule has 0 amide bonds. The maximum Gasteiger partial charge on any atom is 0.146 e. The smallest absolute Gasteiger partial charge is 0.146 e. The average Bonchev–Trinajstić information content (AvgIpc) is 2.40. The highest BCUT2D eigenvalue weighted by Gasteiger charge is 2.06. The molecule has 2 aromatic carbocycles. The third-order valence-corrected chi connectivity index (χ3v) is 2.84. The van der Waals surface area contributed by atoms with Gasteiger partial charge >= 0.3 is 0 Å². The summed E-state index contributed by atoms with van der Waals surface area (Å²) in [5.74, 6) is 0.702. The Morgan fingerprint density at radius 1 is 1.21 bits per heavy atom. The van der Waals surface area contributed by atoms with Crippen LogP contribution in [0.2, 0.25) is 5.02 Å². The minimum Gasteiger partial charge on any atom is -0.496 e. The SMILES string of the molecule is COc1ccc(Cl)cc1COc1ccc(F)c(N)c1. The molecule has 0 spiro atoms. The molecule has 0 aromatic heterocycles. The summed E-state index contributed by atoms with van der Waals surface area (Å²) in [6.07, 6.45) is 0. The second-order valence-electron chi connectivity index (χ2n) is 3.93. The number of methoxy groups -OCH3 is 1. The monoisotopic (exact) mass is 281 g/mol. The zero-order valence-electron chi connectivity index (χ0n) is 10.3. The molecule has 0 heterocycles. The second kappa shape index (κ2) is 5.80. The summed E-state index contributed by atoms with van der Waals surface area (Å²) in [6, 6.07) is 9.47. The van der Waals surface area contributed by atoms with Crippen LogP contribution in [-0.2, 0) is 6.61 Å². The van der Waals surface area contributed by atoms with E-state index in [0.717, 1.165) is 5.56 Å². The van der Waals surface area contributed by atoms with Crippen LogP contribution in [0.3, 0.4) is 0 Å². The van der Waals surface area contributed by atoms with Gasteiger partial charge in [-0.3, -0.25) is 0 Å². The molecule has 0 fully saturated rings. The number of nitrogens with two attached hydrogens (primary N) is 1. The number of halogens is 2. The average molecular weight is 282 g/mol. The van der Waals surface area contributed by atoms with Gasteiger partial charge in [-0.15, -0.1) is 0 Å². The molecule has 0 atom stereocenters. The molecule has 19 heavy (non-hydrogen) atoms. The first-order valence-corrected chi connectivity index (χ1v) is 5.98. The second-order valence-corrected chi connectivity index (χ2v) is 4.36. The fraction of sp³-hybridized carbons (Fsp3) is 0.143. The molecule has 3 nitrogen and oxygen atoms in total. The molecule has 0 aliphatic rings. The van der Waals surface area contributed by atoms with Crippen molar-refractivity contribution in [1.82, 2.24) is 0 Å². The van der Waals surface area contributed by atoms with Crippen molar-refractivity contribution in [2.75, 3.05) is 12.8 Å². The predicted molar refractivity (Wildman–Crippen MR) is 73.1 cm³/mol. The van der Waals surface area contributed by atoms with Crippen molar-refractivity contribution < 1.29 is 13.9 Å². The fourth-order valence-corrected chi connectivity index (χ4v) is 1.83. The van der Waals surface area contributed by atoms with E-state index in [9.17, 15) is 4.39 Å². The van der Waals surface area contributed by atoms with E-state index in [1.807, 2.05) is 0 Å². The Morgan fingerprint density at radius 2 is 2.00 bits per heavy atom. The van der Waals surface area contributed by atoms with E-state index in [-0.39, 0.29) is 12.3 Å². The molecule has 2 rings (SSSR count). The molecule has 0 radical (unpaired) electrons. The highest BCUT2D eigenvalue weighted by Crippen LogP contribution is 2.25. The van der Waals surface area contributed by atoms with Gasteiger partial charge in [0.25, 0.3) is 0 Å². The summed E-state index contributed by atoms with van der Waals surface area (Å²) in [4.78, 5) is 0. The maximum absolute atomic E-state index is 13.0. The fourth-order valence-electron chi connectivity index (χ4n) is 1.63. The highest BCUT2D eigenvalue weighted by atomic mass is 35.5. The van der Waals surface area contributed by atoms with Crippen molar-refractivity contribution in [3.05, 3.63) is 52.8 Å². The topological polar surface area (TPSA) is 44.5 Å². The van der Waals surface area contributed by atoms with Gasteiger partial charge < -0.3 is 15.2 Å². The zero-order chi connectivity index (χ0) is 13.8. The van der Waals surface area contributed by atoms with Gasteiger partial charge in [0.05, 0.1) is 12.8 Å². The molecule has 0 aliphatic heterocycles. The van der Waals surface area contributed by atoms with Gasteiger partial charge in [-0.05, 0) is 30.3 Å². The molecule has 2 N–H and O–H groups in total. The molecular weight excluding hydrogens is 269 g/mol. The van der Waals surface area contributed by atoms with Crippen molar-refractivity contribution in [2.45, 2.75) is 6.61 Å². The summed E-state index contributed by atoms with van der Waals surface area (Å²) >= 11 is 5.92. The third-order valence-electron chi connectivity index (χ3n) is 2.60. The Bertz CT molecular complexity index is 590. The number of benzene rings is 2. The third kappa shape index (κ3) is 3.29. The van der Waals surface area contributed by atoms with Crippen LogP contribution in [0.4, 0.5) is 10.1 Å². The van der Waals surface area contributed by atoms with E-state index in [1.165, 1.54) is 18.2 Å². The van der Waals surface area contributed by atoms with Crippen molar-refractivity contribution in [1.29, 1.82) is 0 Å². The van der Waals surface area contributed by atoms with Crippen molar-refractivity contribution >= 4 is 17.3 Å². The Labute approximate surface area is 115 Å². The molecule has 0 bridgehead atoms. The van der Waals surface area contributed by atoms with E-state index in [1.54, 1.807) is 25.3 Å². The van der Waals surface area contributed by atoms with Crippen LogP contribution >= 0.6 is 11.6 Å². The van der Waals surface area contributed by atoms with Crippen LogP contribution in [0.25, 0.3) is 0 Å². The van der Waals surface area contributed by atoms with E-state index in [2.05, 4.69) is 0 Å². The van der Waals surface area contributed by atoms with Crippen LogP contribution in [0.1, 0.15) is 5.56 Å². The van der Waals surface area contributed by atoms with Gasteiger partial charge in [-0.1, -0.05) is 11.6 Å². The minimum atomic E-state index is -0.465. The Balaban J connectivity index is 2.13. The van der Waals surface area contributed by atoms with Gasteiger partial charge in [-0.2, -0.15) is 0 Å². The van der Waals surface area contributed by atoms with Crippen LogP contribution in [-0.4, -0.2) is 7.11 Å². The number of nitrogen functional groups attached to an aromatic ring is 1. The maximum atomic E-state index is 13.0. The molecule has 5 heteroatoms. The van der Waals surface area contributed by atoms with E-state index >= 15 is 0 Å². The highest BCUT2D eigenvalue weighted by molar-refractivity contribution is 6.30. The van der Waals surface area contributed by atoms with Crippen molar-refractivity contribution in [2.24, 2.45) is 0 Å². The molecule has 0 unspecified atom stereocenters. The first-order valence-electron chi connectivity index (χ1n) is 5.60. The normalized spacial score (nSPS) is 10.3. The van der Waals surface area contributed by atoms with E-state index in [4.69, 9.17) is 26.8 Å². The summed E-state index contributed by atoms with van der Waals surface area (Å²) < 4.78 is 23.8. The molecular formula is C14H13ClFNO2. The quantitative estimate of drug-likeness (QED) is 0.870. The molecule has 100 valence electrons. The Kier molecular flexibility index (Phi) is 4.12. The number of hydrogen-bond acceptors (Lipinski definition) is 3. The van der Waals surface area contributed by atoms with Gasteiger partial charge in [0, 0.05) is 16.7 Å². The molecule has 2 aromatic rings. The lowest BCUT2D eigenvalue weighted by molar-refractivity contribution is 0.296. The number of ether oxygens (including phenoxy) is 2. The predicted octanol–water partition coefficient (Wildman–Crippen LogP) is 3.65. The van der Waals surface area contributed by atoms with Crippen molar-refractivity contribution in [3.63, 3.8) is 0 Å². The zero-order valence-corrected chi connectivity index (χ0v) is 11.1. The first kappa shape index (κ1) is 13.5. The minimum absolute atomic E-state index is 0.0514. The lowest BCUT2D eigenvalue weighted by Gasteiger charge is -2.11. The van der Waals surface area contributed by atoms with E-state index < -0.39 is 5.82 Å². The molecule has 0 saturated heterocycles. The molecule has 0 saturated carbocycles. The van der Waals surface area contributed by atoms with Gasteiger partial charge in [0.15, 0.2) is 0 Å². The number of rotatable bonds is 4. The van der Waals surface area contributed by atoms with Crippen LogP contribution < -0.4 is 15.2 Å².